The molecule has 6 heteroatoms. The van der Waals surface area contributed by atoms with Gasteiger partial charge in [-0.1, -0.05) is 18.2 Å². The second-order valence-corrected chi connectivity index (χ2v) is 6.09. The zero-order valence-corrected chi connectivity index (χ0v) is 16.7. The Balaban J connectivity index is 0.00000264. The number of halogens is 1. The van der Waals surface area contributed by atoms with E-state index in [0.29, 0.717) is 6.54 Å². The molecule has 5 nitrogen and oxygen atoms in total. The lowest BCUT2D eigenvalue weighted by Gasteiger charge is -2.21. The number of guanidine groups is 1. The van der Waals surface area contributed by atoms with Crippen molar-refractivity contribution in [2.24, 2.45) is 4.99 Å². The van der Waals surface area contributed by atoms with Gasteiger partial charge in [-0.2, -0.15) is 0 Å². The summed E-state index contributed by atoms with van der Waals surface area (Å²) in [5.41, 5.74) is 1.01. The number of para-hydroxylation sites is 1. The minimum atomic E-state index is -0.261. The highest BCUT2D eigenvalue weighted by molar-refractivity contribution is 14.0. The van der Waals surface area contributed by atoms with Crippen molar-refractivity contribution in [2.75, 3.05) is 26.7 Å². The average molecular weight is 433 g/mol. The number of rotatable bonds is 6. The minimum absolute atomic E-state index is 0. The van der Waals surface area contributed by atoms with Gasteiger partial charge in [0, 0.05) is 20.1 Å². The van der Waals surface area contributed by atoms with E-state index in [-0.39, 0.29) is 35.7 Å². The molecule has 0 spiro atoms. The molecule has 2 rings (SSSR count). The van der Waals surface area contributed by atoms with Crippen molar-refractivity contribution >= 4 is 29.9 Å². The summed E-state index contributed by atoms with van der Waals surface area (Å²) in [5, 5.41) is 6.60. The van der Waals surface area contributed by atoms with Crippen LogP contribution in [0, 0.1) is 0 Å². The lowest BCUT2D eigenvalue weighted by molar-refractivity contribution is 0.0310. The first kappa shape index (κ1) is 20.0. The number of aliphatic imine (C=N–C) groups is 1. The van der Waals surface area contributed by atoms with Crippen molar-refractivity contribution in [1.82, 2.24) is 10.6 Å². The van der Waals surface area contributed by atoms with Crippen molar-refractivity contribution < 1.29 is 9.47 Å². The Labute approximate surface area is 156 Å². The number of nitrogens with zero attached hydrogens (tertiary/aromatic N) is 1. The van der Waals surface area contributed by atoms with Crippen LogP contribution in [0.25, 0.3) is 0 Å². The van der Waals surface area contributed by atoms with Crippen LogP contribution in [0.4, 0.5) is 0 Å². The average Bonchev–Trinajstić information content (AvgIpc) is 2.93. The molecule has 0 fully saturated rings. The highest BCUT2D eigenvalue weighted by Crippen LogP contribution is 2.27. The molecule has 1 aromatic carbocycles. The summed E-state index contributed by atoms with van der Waals surface area (Å²) >= 11 is 0. The Morgan fingerprint density at radius 3 is 2.74 bits per heavy atom. The summed E-state index contributed by atoms with van der Waals surface area (Å²) in [5.74, 6) is 1.80. The standard InChI is InChI=1S/C17H27N3O2.HI/c1-5-18-16(20-12-17(2,3)21-4)19-11-14-10-13-8-6-7-9-15(13)22-14;/h6-9,14H,5,10-12H2,1-4H3,(H2,18,19,20);1H. The van der Waals surface area contributed by atoms with Crippen LogP contribution in [-0.4, -0.2) is 44.4 Å². The molecule has 2 N–H and O–H groups in total. The monoisotopic (exact) mass is 433 g/mol. The molecule has 0 aliphatic carbocycles. The summed E-state index contributed by atoms with van der Waals surface area (Å²) < 4.78 is 11.3. The fourth-order valence-electron chi connectivity index (χ4n) is 2.25. The summed E-state index contributed by atoms with van der Waals surface area (Å²) in [6, 6.07) is 8.20. The Bertz CT molecular complexity index is 495. The van der Waals surface area contributed by atoms with Crippen molar-refractivity contribution in [3.05, 3.63) is 29.8 Å². The van der Waals surface area contributed by atoms with Crippen molar-refractivity contribution in [3.8, 4) is 5.75 Å². The molecule has 23 heavy (non-hydrogen) atoms. The van der Waals surface area contributed by atoms with Crippen LogP contribution < -0.4 is 15.4 Å². The maximum Gasteiger partial charge on any atom is 0.191 e. The molecule has 0 aromatic heterocycles. The van der Waals surface area contributed by atoms with Crippen LogP contribution in [0.1, 0.15) is 26.3 Å². The SMILES string of the molecule is CCNC(=NCC(C)(C)OC)NCC1Cc2ccccc2O1.I. The molecule has 0 saturated carbocycles. The van der Waals surface area contributed by atoms with E-state index >= 15 is 0 Å². The van der Waals surface area contributed by atoms with Gasteiger partial charge in [-0.05, 0) is 32.4 Å². The molecule has 1 aliphatic rings. The maximum absolute atomic E-state index is 5.93. The highest BCUT2D eigenvalue weighted by Gasteiger charge is 2.22. The molecule has 1 heterocycles. The summed E-state index contributed by atoms with van der Waals surface area (Å²) in [6.45, 7) is 8.26. The predicted octanol–water partition coefficient (Wildman–Crippen LogP) is 2.59. The molecule has 0 bridgehead atoms. The quantitative estimate of drug-likeness (QED) is 0.412. The lowest BCUT2D eigenvalue weighted by atomic mass is 10.1. The highest BCUT2D eigenvalue weighted by atomic mass is 127. The topological polar surface area (TPSA) is 54.9 Å². The van der Waals surface area contributed by atoms with E-state index in [0.717, 1.165) is 31.2 Å². The summed E-state index contributed by atoms with van der Waals surface area (Å²) in [7, 11) is 1.71. The Morgan fingerprint density at radius 2 is 2.09 bits per heavy atom. The Morgan fingerprint density at radius 1 is 1.35 bits per heavy atom. The molecule has 0 saturated heterocycles. The largest absolute Gasteiger partial charge is 0.488 e. The summed E-state index contributed by atoms with van der Waals surface area (Å²) in [6.07, 6.45) is 1.09. The maximum atomic E-state index is 5.93. The fourth-order valence-corrected chi connectivity index (χ4v) is 2.25. The van der Waals surface area contributed by atoms with E-state index < -0.39 is 0 Å². The zero-order chi connectivity index (χ0) is 16.0. The smallest absolute Gasteiger partial charge is 0.191 e. The molecule has 130 valence electrons. The number of benzene rings is 1. The third-order valence-electron chi connectivity index (χ3n) is 3.73. The lowest BCUT2D eigenvalue weighted by Crippen LogP contribution is -2.43. The number of fused-ring (bicyclic) bond motifs is 1. The second-order valence-electron chi connectivity index (χ2n) is 6.09. The number of hydrogen-bond donors (Lipinski definition) is 2. The number of nitrogens with one attached hydrogen (secondary N) is 2. The van der Waals surface area contributed by atoms with Crippen LogP contribution in [0.15, 0.2) is 29.3 Å². The van der Waals surface area contributed by atoms with Gasteiger partial charge in [-0.3, -0.25) is 4.99 Å². The van der Waals surface area contributed by atoms with Crippen LogP contribution >= 0.6 is 24.0 Å². The van der Waals surface area contributed by atoms with E-state index in [1.165, 1.54) is 5.56 Å². The third kappa shape index (κ3) is 6.18. The van der Waals surface area contributed by atoms with E-state index in [4.69, 9.17) is 9.47 Å². The van der Waals surface area contributed by atoms with Crippen molar-refractivity contribution in [3.63, 3.8) is 0 Å². The van der Waals surface area contributed by atoms with Crippen LogP contribution in [0.5, 0.6) is 5.75 Å². The first-order valence-corrected chi connectivity index (χ1v) is 7.86. The van der Waals surface area contributed by atoms with E-state index in [1.54, 1.807) is 7.11 Å². The van der Waals surface area contributed by atoms with Gasteiger partial charge in [-0.15, -0.1) is 24.0 Å². The second kappa shape index (κ2) is 9.32. The van der Waals surface area contributed by atoms with Gasteiger partial charge in [0.1, 0.15) is 11.9 Å². The number of hydrogen-bond acceptors (Lipinski definition) is 3. The Hall–Kier alpha value is -1.02. The van der Waals surface area contributed by atoms with E-state index in [2.05, 4.69) is 34.7 Å². The van der Waals surface area contributed by atoms with Gasteiger partial charge in [0.05, 0.1) is 18.7 Å². The molecule has 1 aromatic rings. The molecule has 1 aliphatic heterocycles. The number of ether oxygens (including phenoxy) is 2. The first-order valence-electron chi connectivity index (χ1n) is 7.86. The first-order chi connectivity index (χ1) is 10.5. The molecule has 0 amide bonds. The minimum Gasteiger partial charge on any atom is -0.488 e. The fraction of sp³-hybridized carbons (Fsp3) is 0.588. The van der Waals surface area contributed by atoms with Gasteiger partial charge < -0.3 is 20.1 Å². The van der Waals surface area contributed by atoms with Crippen molar-refractivity contribution in [2.45, 2.75) is 38.9 Å². The van der Waals surface area contributed by atoms with E-state index in [1.807, 2.05) is 26.0 Å². The van der Waals surface area contributed by atoms with Crippen LogP contribution in [0.3, 0.4) is 0 Å². The van der Waals surface area contributed by atoms with Gasteiger partial charge >= 0.3 is 0 Å². The number of methoxy groups -OCH3 is 1. The predicted molar refractivity (Wildman–Crippen MR) is 105 cm³/mol. The third-order valence-corrected chi connectivity index (χ3v) is 3.73. The van der Waals surface area contributed by atoms with Gasteiger partial charge in [0.25, 0.3) is 0 Å². The molecule has 0 radical (unpaired) electrons. The molecule has 1 unspecified atom stereocenters. The molecular weight excluding hydrogens is 405 g/mol. The molecule has 1 atom stereocenters. The van der Waals surface area contributed by atoms with Crippen LogP contribution in [0.2, 0.25) is 0 Å². The summed E-state index contributed by atoms with van der Waals surface area (Å²) in [4.78, 5) is 4.58. The molecular formula is C17H28IN3O2. The van der Waals surface area contributed by atoms with E-state index in [9.17, 15) is 0 Å². The Kier molecular flexibility index (Phi) is 8.11. The van der Waals surface area contributed by atoms with Crippen molar-refractivity contribution in [1.29, 1.82) is 0 Å². The zero-order valence-electron chi connectivity index (χ0n) is 14.4. The van der Waals surface area contributed by atoms with Gasteiger partial charge in [0.2, 0.25) is 0 Å². The normalized spacial score (nSPS) is 17.0. The van der Waals surface area contributed by atoms with Gasteiger partial charge in [-0.25, -0.2) is 0 Å². The van der Waals surface area contributed by atoms with Crippen LogP contribution in [-0.2, 0) is 11.2 Å². The van der Waals surface area contributed by atoms with Gasteiger partial charge in [0.15, 0.2) is 5.96 Å².